The third-order valence-electron chi connectivity index (χ3n) is 8.00. The first-order valence-corrected chi connectivity index (χ1v) is 17.0. The molecule has 4 heterocycles. The van der Waals surface area contributed by atoms with Crippen molar-refractivity contribution in [3.05, 3.63) is 35.0 Å². The molecule has 3 aliphatic heterocycles. The predicted octanol–water partition coefficient (Wildman–Crippen LogP) is 1.74. The van der Waals surface area contributed by atoms with Crippen molar-refractivity contribution in [3.63, 3.8) is 0 Å². The molecule has 0 saturated carbocycles. The average Bonchev–Trinajstić information content (AvgIpc) is 3.50. The minimum atomic E-state index is -4.53. The molecule has 42 heavy (non-hydrogen) atoms. The monoisotopic (exact) mass is 633 g/mol. The molecule has 15 heteroatoms. The lowest BCUT2D eigenvalue weighted by atomic mass is 10.0. The van der Waals surface area contributed by atoms with Crippen LogP contribution in [0.25, 0.3) is 11.3 Å². The molecule has 5 rings (SSSR count). The Balaban J connectivity index is 1.44. The molecule has 2 N–H and O–H groups in total. The van der Waals surface area contributed by atoms with Gasteiger partial charge in [0.1, 0.15) is 0 Å². The molecule has 2 atom stereocenters. The number of aliphatic hydroxyl groups excluding tert-OH is 2. The lowest BCUT2D eigenvalue weighted by Gasteiger charge is -2.26. The number of aromatic nitrogens is 2. The summed E-state index contributed by atoms with van der Waals surface area (Å²) in [6, 6.07) is 3.97. The third kappa shape index (κ3) is 7.67. The van der Waals surface area contributed by atoms with E-state index in [-0.39, 0.29) is 24.5 Å². The Morgan fingerprint density at radius 3 is 2.57 bits per heavy atom. The molecule has 0 aliphatic carbocycles. The number of alkyl halides is 3. The molecule has 3 aliphatic rings. The highest BCUT2D eigenvalue weighted by Gasteiger charge is 2.35. The number of β-amino-alcohol motifs (C(OH)–C–C–N with tert-alkyl or cyclic N) is 2. The number of fused-ring (bicyclic) bond motifs is 1. The lowest BCUT2D eigenvalue weighted by molar-refractivity contribution is -0.139. The fourth-order valence-corrected chi connectivity index (χ4v) is 7.70. The molecule has 2 fully saturated rings. The smallest absolute Gasteiger partial charge is 0.392 e. The number of hydrogen-bond acceptors (Lipinski definition) is 9. The summed E-state index contributed by atoms with van der Waals surface area (Å²) >= 11 is 1.14. The molecule has 2 saturated heterocycles. The summed E-state index contributed by atoms with van der Waals surface area (Å²) in [6.45, 7) is 5.32. The van der Waals surface area contributed by atoms with E-state index in [1.807, 2.05) is 4.90 Å². The van der Waals surface area contributed by atoms with Crippen LogP contribution in [0.4, 0.5) is 13.2 Å². The van der Waals surface area contributed by atoms with Crippen LogP contribution < -0.4 is 0 Å². The number of hydrogen-bond donors (Lipinski definition) is 2. The van der Waals surface area contributed by atoms with E-state index in [9.17, 15) is 31.8 Å². The number of likely N-dealkylation sites (tertiary alicyclic amines) is 1. The van der Waals surface area contributed by atoms with Crippen LogP contribution in [0.1, 0.15) is 23.2 Å². The highest BCUT2D eigenvalue weighted by atomic mass is 32.2. The van der Waals surface area contributed by atoms with Gasteiger partial charge in [0.05, 0.1) is 49.5 Å². The van der Waals surface area contributed by atoms with E-state index in [4.69, 9.17) is 9.84 Å². The van der Waals surface area contributed by atoms with E-state index >= 15 is 0 Å². The summed E-state index contributed by atoms with van der Waals surface area (Å²) in [6.07, 6.45) is -3.58. The summed E-state index contributed by atoms with van der Waals surface area (Å²) in [5, 5.41) is 25.4. The molecule has 2 aromatic rings. The van der Waals surface area contributed by atoms with Crippen LogP contribution in [0.3, 0.4) is 0 Å². The molecule has 10 nitrogen and oxygen atoms in total. The average molecular weight is 634 g/mol. The SMILES string of the molecule is CS(=O)(=O)N1CCc2c(c(-c3ccc(C(F)(F)F)c(SCCN4CCOCC4)c3)nn2CC(O)CN2CCC(O)C2)C1. The fraction of sp³-hybridized carbons (Fsp3) is 0.667. The normalized spacial score (nSPS) is 22.0. The van der Waals surface area contributed by atoms with Gasteiger partial charge in [-0.3, -0.25) is 14.5 Å². The van der Waals surface area contributed by atoms with E-state index in [1.165, 1.54) is 16.4 Å². The predicted molar refractivity (Wildman–Crippen MR) is 153 cm³/mol. The second-order valence-electron chi connectivity index (χ2n) is 11.2. The summed E-state index contributed by atoms with van der Waals surface area (Å²) in [7, 11) is -3.51. The number of benzene rings is 1. The largest absolute Gasteiger partial charge is 0.417 e. The number of ether oxygens (including phenoxy) is 1. The van der Waals surface area contributed by atoms with Crippen molar-refractivity contribution < 1.29 is 36.5 Å². The van der Waals surface area contributed by atoms with Crippen LogP contribution in [0, 0.1) is 0 Å². The summed E-state index contributed by atoms with van der Waals surface area (Å²) in [5.74, 6) is 0.471. The van der Waals surface area contributed by atoms with E-state index < -0.39 is 34.0 Å². The zero-order chi connectivity index (χ0) is 30.1. The Hall–Kier alpha value is -1.72. The van der Waals surface area contributed by atoms with Crippen molar-refractivity contribution in [2.75, 3.05) is 71.0 Å². The van der Waals surface area contributed by atoms with Crippen LogP contribution in [-0.4, -0.2) is 126 Å². The molecule has 0 amide bonds. The van der Waals surface area contributed by atoms with Crippen LogP contribution in [0.2, 0.25) is 0 Å². The van der Waals surface area contributed by atoms with Crippen molar-refractivity contribution in [3.8, 4) is 11.3 Å². The van der Waals surface area contributed by atoms with Gasteiger partial charge in [0.2, 0.25) is 10.0 Å². The van der Waals surface area contributed by atoms with Gasteiger partial charge in [-0.25, -0.2) is 8.42 Å². The van der Waals surface area contributed by atoms with Crippen molar-refractivity contribution in [2.24, 2.45) is 0 Å². The molecular formula is C27H38F3N5O5S2. The van der Waals surface area contributed by atoms with E-state index in [1.54, 1.807) is 4.68 Å². The third-order valence-corrected chi connectivity index (χ3v) is 10.3. The van der Waals surface area contributed by atoms with Crippen molar-refractivity contribution in [1.29, 1.82) is 0 Å². The van der Waals surface area contributed by atoms with Crippen molar-refractivity contribution in [2.45, 2.75) is 49.2 Å². The number of morpholine rings is 1. The molecular weight excluding hydrogens is 595 g/mol. The molecule has 0 spiro atoms. The second-order valence-corrected chi connectivity index (χ2v) is 14.3. The lowest BCUT2D eigenvalue weighted by Crippen LogP contribution is -2.37. The summed E-state index contributed by atoms with van der Waals surface area (Å²) in [5.41, 5.74) is 1.59. The van der Waals surface area contributed by atoms with Gasteiger partial charge in [-0.2, -0.15) is 22.6 Å². The first kappa shape index (κ1) is 31.7. The van der Waals surface area contributed by atoms with Gasteiger partial charge in [0.15, 0.2) is 0 Å². The number of aliphatic hydroxyl groups is 2. The Morgan fingerprint density at radius 1 is 1.14 bits per heavy atom. The zero-order valence-corrected chi connectivity index (χ0v) is 25.2. The maximum absolute atomic E-state index is 14.0. The van der Waals surface area contributed by atoms with Crippen LogP contribution in [0.5, 0.6) is 0 Å². The topological polar surface area (TPSA) is 111 Å². The first-order chi connectivity index (χ1) is 19.9. The highest BCUT2D eigenvalue weighted by Crippen LogP contribution is 2.40. The van der Waals surface area contributed by atoms with Crippen LogP contribution in [0.15, 0.2) is 23.1 Å². The minimum Gasteiger partial charge on any atom is -0.392 e. The summed E-state index contributed by atoms with van der Waals surface area (Å²) in [4.78, 5) is 4.24. The van der Waals surface area contributed by atoms with Crippen LogP contribution in [-0.2, 0) is 40.4 Å². The number of nitrogens with zero attached hydrogens (tertiary/aromatic N) is 5. The van der Waals surface area contributed by atoms with Crippen molar-refractivity contribution in [1.82, 2.24) is 23.9 Å². The summed E-state index contributed by atoms with van der Waals surface area (Å²) < 4.78 is 75.1. The van der Waals surface area contributed by atoms with E-state index in [0.717, 1.165) is 42.9 Å². The van der Waals surface area contributed by atoms with E-state index in [2.05, 4.69) is 4.90 Å². The van der Waals surface area contributed by atoms with Gasteiger partial charge < -0.3 is 14.9 Å². The quantitative estimate of drug-likeness (QED) is 0.378. The number of thioether (sulfide) groups is 1. The Kier molecular flexibility index (Phi) is 9.89. The maximum Gasteiger partial charge on any atom is 0.417 e. The highest BCUT2D eigenvalue weighted by molar-refractivity contribution is 7.99. The Bertz CT molecular complexity index is 1350. The number of sulfonamides is 1. The molecule has 1 aromatic carbocycles. The molecule has 2 unspecified atom stereocenters. The van der Waals surface area contributed by atoms with Gasteiger partial charge in [0, 0.05) is 86.2 Å². The first-order valence-electron chi connectivity index (χ1n) is 14.1. The Morgan fingerprint density at radius 2 is 1.90 bits per heavy atom. The van der Waals surface area contributed by atoms with Gasteiger partial charge in [-0.1, -0.05) is 6.07 Å². The van der Waals surface area contributed by atoms with E-state index in [0.29, 0.717) is 74.8 Å². The van der Waals surface area contributed by atoms with Gasteiger partial charge >= 0.3 is 6.18 Å². The standard InChI is InChI=1S/C27H38F3N5O5S2/c1-42(38,39)34-7-5-24-22(18-34)26(31-35(24)17-21(37)16-33-6-4-20(36)15-33)19-2-3-23(27(28,29)30)25(14-19)41-13-10-32-8-11-40-12-9-32/h2-3,14,20-21,36-37H,4-13,15-18H2,1H3. The maximum atomic E-state index is 14.0. The second kappa shape index (κ2) is 13.1. The number of halogens is 3. The number of rotatable bonds is 10. The zero-order valence-electron chi connectivity index (χ0n) is 23.6. The van der Waals surface area contributed by atoms with Gasteiger partial charge in [-0.15, -0.1) is 11.8 Å². The van der Waals surface area contributed by atoms with Crippen LogP contribution >= 0.6 is 11.8 Å². The van der Waals surface area contributed by atoms with Gasteiger partial charge in [-0.05, 0) is 18.6 Å². The van der Waals surface area contributed by atoms with Gasteiger partial charge in [0.25, 0.3) is 0 Å². The fourth-order valence-electron chi connectivity index (χ4n) is 5.80. The molecule has 0 bridgehead atoms. The van der Waals surface area contributed by atoms with Crippen molar-refractivity contribution >= 4 is 21.8 Å². The Labute approximate surface area is 248 Å². The minimum absolute atomic E-state index is 0.0540. The molecule has 1 aromatic heterocycles. The molecule has 0 radical (unpaired) electrons. The molecule has 234 valence electrons.